The maximum absolute atomic E-state index is 12.5. The molecule has 2 aromatic carbocycles. The van der Waals surface area contributed by atoms with Crippen LogP contribution in [0.25, 0.3) is 10.1 Å². The smallest absolute Gasteiger partial charge is 0.337 e. The lowest BCUT2D eigenvalue weighted by molar-refractivity contribution is 0.0698. The molecule has 1 heterocycles. The van der Waals surface area contributed by atoms with Gasteiger partial charge in [0.15, 0.2) is 5.11 Å². The third-order valence-electron chi connectivity index (χ3n) is 3.43. The molecule has 0 spiro atoms. The topological polar surface area (TPSA) is 78.4 Å². The molecule has 0 aliphatic rings. The molecule has 1 amide bonds. The Balaban J connectivity index is 1.79. The van der Waals surface area contributed by atoms with E-state index in [1.807, 2.05) is 0 Å². The highest BCUT2D eigenvalue weighted by atomic mass is 35.5. The van der Waals surface area contributed by atoms with Crippen molar-refractivity contribution < 1.29 is 14.7 Å². The molecule has 0 radical (unpaired) electrons. The number of para-hydroxylation sites is 1. The van der Waals surface area contributed by atoms with Crippen LogP contribution in [-0.2, 0) is 0 Å². The number of carboxylic acids is 1. The zero-order valence-electron chi connectivity index (χ0n) is 12.9. The lowest BCUT2D eigenvalue weighted by Gasteiger charge is -2.11. The highest BCUT2D eigenvalue weighted by Gasteiger charge is 2.19. The minimum atomic E-state index is -1.10. The molecule has 3 rings (SSSR count). The van der Waals surface area contributed by atoms with E-state index in [0.29, 0.717) is 14.9 Å². The van der Waals surface area contributed by atoms with Crippen LogP contribution in [0.2, 0.25) is 10.0 Å². The fourth-order valence-corrected chi connectivity index (χ4v) is 4.17. The number of hydrogen-bond donors (Lipinski definition) is 3. The summed E-state index contributed by atoms with van der Waals surface area (Å²) in [7, 11) is 0. The van der Waals surface area contributed by atoms with Crippen molar-refractivity contribution in [1.82, 2.24) is 5.32 Å². The highest BCUT2D eigenvalue weighted by molar-refractivity contribution is 7.80. The van der Waals surface area contributed by atoms with Gasteiger partial charge in [0.1, 0.15) is 4.88 Å². The van der Waals surface area contributed by atoms with Gasteiger partial charge in [0.25, 0.3) is 5.91 Å². The normalized spacial score (nSPS) is 10.5. The molecule has 0 fully saturated rings. The van der Waals surface area contributed by atoms with E-state index in [1.54, 1.807) is 36.4 Å². The van der Waals surface area contributed by atoms with Gasteiger partial charge in [-0.05, 0) is 36.5 Å². The number of thiophene rings is 1. The van der Waals surface area contributed by atoms with E-state index in [9.17, 15) is 14.7 Å². The molecular formula is C17H10Cl2N2O3S2. The standard InChI is InChI=1S/C17H10Cl2N2O3S2/c18-8-5-6-10-12(7-8)26-14(13(10)19)15(22)21-17(25)20-11-4-2-1-3-9(11)16(23)24/h1-7H,(H,23,24)(H2,20,21,22,25). The van der Waals surface area contributed by atoms with E-state index in [2.05, 4.69) is 10.6 Å². The molecule has 132 valence electrons. The maximum Gasteiger partial charge on any atom is 0.337 e. The van der Waals surface area contributed by atoms with Crippen molar-refractivity contribution in [2.24, 2.45) is 0 Å². The van der Waals surface area contributed by atoms with Crippen LogP contribution in [0.4, 0.5) is 5.69 Å². The molecule has 3 N–H and O–H groups in total. The Labute approximate surface area is 167 Å². The minimum absolute atomic E-state index is 0.0322. The summed E-state index contributed by atoms with van der Waals surface area (Å²) in [5.74, 6) is -1.59. The molecule has 0 atom stereocenters. The van der Waals surface area contributed by atoms with Crippen molar-refractivity contribution in [1.29, 1.82) is 0 Å². The van der Waals surface area contributed by atoms with Crippen LogP contribution in [0.1, 0.15) is 20.0 Å². The van der Waals surface area contributed by atoms with Crippen LogP contribution in [-0.4, -0.2) is 22.1 Å². The summed E-state index contributed by atoms with van der Waals surface area (Å²) < 4.78 is 0.780. The second-order valence-corrected chi connectivity index (χ2v) is 7.42. The number of amides is 1. The molecule has 3 aromatic rings. The van der Waals surface area contributed by atoms with Gasteiger partial charge in [-0.2, -0.15) is 0 Å². The molecule has 0 aliphatic carbocycles. The van der Waals surface area contributed by atoms with E-state index in [0.717, 1.165) is 10.1 Å². The molecule has 9 heteroatoms. The van der Waals surface area contributed by atoms with E-state index in [-0.39, 0.29) is 16.4 Å². The highest BCUT2D eigenvalue weighted by Crippen LogP contribution is 2.36. The fraction of sp³-hybridized carbons (Fsp3) is 0. The molecule has 26 heavy (non-hydrogen) atoms. The van der Waals surface area contributed by atoms with Gasteiger partial charge in [-0.25, -0.2) is 4.79 Å². The first-order valence-electron chi connectivity index (χ1n) is 7.19. The van der Waals surface area contributed by atoms with Crippen molar-refractivity contribution >= 4 is 79.5 Å². The van der Waals surface area contributed by atoms with Gasteiger partial charge in [0, 0.05) is 15.1 Å². The number of hydrogen-bond acceptors (Lipinski definition) is 4. The number of carbonyl (C=O) groups excluding carboxylic acids is 1. The van der Waals surface area contributed by atoms with Gasteiger partial charge in [-0.1, -0.05) is 41.4 Å². The number of thiocarbonyl (C=S) groups is 1. The van der Waals surface area contributed by atoms with Gasteiger partial charge >= 0.3 is 5.97 Å². The van der Waals surface area contributed by atoms with Crippen LogP contribution in [0, 0.1) is 0 Å². The van der Waals surface area contributed by atoms with Gasteiger partial charge < -0.3 is 10.4 Å². The van der Waals surface area contributed by atoms with Gasteiger partial charge in [-0.15, -0.1) is 11.3 Å². The number of carbonyl (C=O) groups is 2. The number of carboxylic acid groups (broad SMARTS) is 1. The molecule has 0 saturated carbocycles. The van der Waals surface area contributed by atoms with Crippen molar-refractivity contribution in [3.63, 3.8) is 0 Å². The third kappa shape index (κ3) is 3.81. The monoisotopic (exact) mass is 424 g/mol. The van der Waals surface area contributed by atoms with E-state index < -0.39 is 11.9 Å². The first-order valence-corrected chi connectivity index (χ1v) is 9.17. The Kier molecular flexibility index (Phi) is 5.43. The Morgan fingerprint density at radius 2 is 1.85 bits per heavy atom. The van der Waals surface area contributed by atoms with Crippen LogP contribution in [0.3, 0.4) is 0 Å². The van der Waals surface area contributed by atoms with Crippen LogP contribution >= 0.6 is 46.8 Å². The van der Waals surface area contributed by atoms with Crippen LogP contribution in [0.15, 0.2) is 42.5 Å². The second kappa shape index (κ2) is 7.59. The Morgan fingerprint density at radius 1 is 1.12 bits per heavy atom. The van der Waals surface area contributed by atoms with Crippen molar-refractivity contribution in [3.8, 4) is 0 Å². The number of fused-ring (bicyclic) bond motifs is 1. The molecular weight excluding hydrogens is 415 g/mol. The van der Waals surface area contributed by atoms with Crippen molar-refractivity contribution in [3.05, 3.63) is 63.0 Å². The van der Waals surface area contributed by atoms with Crippen LogP contribution in [0.5, 0.6) is 0 Å². The molecule has 0 bridgehead atoms. The number of rotatable bonds is 3. The van der Waals surface area contributed by atoms with Crippen molar-refractivity contribution in [2.75, 3.05) is 5.32 Å². The Bertz CT molecular complexity index is 1050. The lowest BCUT2D eigenvalue weighted by Crippen LogP contribution is -2.34. The summed E-state index contributed by atoms with van der Waals surface area (Å²) >= 11 is 18.5. The zero-order chi connectivity index (χ0) is 18.8. The molecule has 0 unspecified atom stereocenters. The zero-order valence-corrected chi connectivity index (χ0v) is 16.0. The van der Waals surface area contributed by atoms with E-state index in [4.69, 9.17) is 35.4 Å². The van der Waals surface area contributed by atoms with E-state index >= 15 is 0 Å². The van der Waals surface area contributed by atoms with E-state index in [1.165, 1.54) is 17.4 Å². The van der Waals surface area contributed by atoms with Gasteiger partial charge in [0.2, 0.25) is 0 Å². The van der Waals surface area contributed by atoms with Gasteiger partial charge in [-0.3, -0.25) is 10.1 Å². The number of halogens is 2. The molecule has 0 aliphatic heterocycles. The first kappa shape index (κ1) is 18.6. The summed E-state index contributed by atoms with van der Waals surface area (Å²) in [5.41, 5.74) is 0.318. The summed E-state index contributed by atoms with van der Waals surface area (Å²) in [6.07, 6.45) is 0. The lowest BCUT2D eigenvalue weighted by atomic mass is 10.2. The number of aromatic carboxylic acids is 1. The molecule has 1 aromatic heterocycles. The summed E-state index contributed by atoms with van der Waals surface area (Å²) in [5, 5.41) is 16.0. The molecule has 5 nitrogen and oxygen atoms in total. The maximum atomic E-state index is 12.5. The average Bonchev–Trinajstić information content (AvgIpc) is 2.91. The summed E-state index contributed by atoms with van der Waals surface area (Å²) in [6.45, 7) is 0. The quantitative estimate of drug-likeness (QED) is 0.513. The number of nitrogens with one attached hydrogen (secondary N) is 2. The third-order valence-corrected chi connectivity index (χ3v) is 5.53. The Hall–Kier alpha value is -2.19. The van der Waals surface area contributed by atoms with Crippen molar-refractivity contribution in [2.45, 2.75) is 0 Å². The Morgan fingerprint density at radius 3 is 2.58 bits per heavy atom. The average molecular weight is 425 g/mol. The number of anilines is 1. The largest absolute Gasteiger partial charge is 0.478 e. The first-order chi connectivity index (χ1) is 12.4. The second-order valence-electron chi connectivity index (χ2n) is 5.14. The fourth-order valence-electron chi connectivity index (χ4n) is 2.28. The minimum Gasteiger partial charge on any atom is -0.478 e. The predicted molar refractivity (Wildman–Crippen MR) is 109 cm³/mol. The number of benzene rings is 2. The van der Waals surface area contributed by atoms with Gasteiger partial charge in [0.05, 0.1) is 16.3 Å². The molecule has 0 saturated heterocycles. The van der Waals surface area contributed by atoms with Crippen LogP contribution < -0.4 is 10.6 Å². The summed E-state index contributed by atoms with van der Waals surface area (Å²) in [4.78, 5) is 24.0. The SMILES string of the molecule is O=C(O)c1ccccc1NC(=S)NC(=O)c1sc2cc(Cl)ccc2c1Cl. The predicted octanol–water partition coefficient (Wildman–Crippen LogP) is 5.03. The summed E-state index contributed by atoms with van der Waals surface area (Å²) in [6, 6.07) is 11.4.